The maximum Gasteiger partial charge on any atom is 0.0449 e. The first-order chi connectivity index (χ1) is 7.27. The molecule has 0 aliphatic carbocycles. The Bertz CT molecular complexity index is 286. The van der Waals surface area contributed by atoms with Gasteiger partial charge in [-0.25, -0.2) is 0 Å². The van der Waals surface area contributed by atoms with Crippen LogP contribution < -0.4 is 5.32 Å². The third-order valence-electron chi connectivity index (χ3n) is 2.50. The van der Waals surface area contributed by atoms with Crippen LogP contribution in [0.15, 0.2) is 24.3 Å². The molecule has 84 valence electrons. The van der Waals surface area contributed by atoms with Crippen molar-refractivity contribution in [2.24, 2.45) is 0 Å². The van der Waals surface area contributed by atoms with E-state index in [1.165, 1.54) is 11.1 Å². The van der Waals surface area contributed by atoms with E-state index in [9.17, 15) is 0 Å². The fourth-order valence-corrected chi connectivity index (χ4v) is 1.72. The van der Waals surface area contributed by atoms with Gasteiger partial charge in [0.15, 0.2) is 0 Å². The van der Waals surface area contributed by atoms with E-state index >= 15 is 0 Å². The van der Waals surface area contributed by atoms with Crippen LogP contribution in [0.5, 0.6) is 0 Å². The van der Waals surface area contributed by atoms with Crippen LogP contribution in [0.1, 0.15) is 36.9 Å². The van der Waals surface area contributed by atoms with E-state index in [-0.39, 0.29) is 12.6 Å². The molecule has 0 heterocycles. The fourth-order valence-electron chi connectivity index (χ4n) is 1.72. The minimum atomic E-state index is 0.231. The molecule has 1 aromatic rings. The second-order valence-corrected chi connectivity index (χ2v) is 3.93. The molecule has 2 N–H and O–H groups in total. The van der Waals surface area contributed by atoms with Crippen LogP contribution in [0.3, 0.4) is 0 Å². The normalized spacial score (nSPS) is 12.7. The van der Waals surface area contributed by atoms with Crippen molar-refractivity contribution < 1.29 is 5.11 Å². The van der Waals surface area contributed by atoms with Gasteiger partial charge in [0.1, 0.15) is 0 Å². The molecule has 0 aliphatic rings. The van der Waals surface area contributed by atoms with Gasteiger partial charge in [0.2, 0.25) is 0 Å². The highest BCUT2D eigenvalue weighted by molar-refractivity contribution is 5.25. The molecule has 2 heteroatoms. The number of rotatable bonds is 6. The van der Waals surface area contributed by atoms with E-state index in [2.05, 4.69) is 43.4 Å². The Labute approximate surface area is 92.3 Å². The lowest BCUT2D eigenvalue weighted by Gasteiger charge is -2.18. The summed E-state index contributed by atoms with van der Waals surface area (Å²) in [4.78, 5) is 0. The zero-order valence-corrected chi connectivity index (χ0v) is 9.66. The standard InChI is InChI=1S/C13H21NO/c1-3-8-14-13(7-9-15)12-6-4-5-11(2)10-12/h4-6,10,13-15H,3,7-9H2,1-2H3. The second kappa shape index (κ2) is 6.59. The Balaban J connectivity index is 2.69. The number of hydrogen-bond donors (Lipinski definition) is 2. The van der Waals surface area contributed by atoms with Crippen molar-refractivity contribution in [2.75, 3.05) is 13.2 Å². The first-order valence-corrected chi connectivity index (χ1v) is 5.68. The zero-order chi connectivity index (χ0) is 11.1. The van der Waals surface area contributed by atoms with Crippen molar-refractivity contribution in [1.82, 2.24) is 5.32 Å². The van der Waals surface area contributed by atoms with E-state index in [1.807, 2.05) is 0 Å². The summed E-state index contributed by atoms with van der Waals surface area (Å²) in [6.07, 6.45) is 1.90. The van der Waals surface area contributed by atoms with Crippen LogP contribution in [-0.4, -0.2) is 18.3 Å². The Morgan fingerprint density at radius 2 is 2.20 bits per heavy atom. The number of aliphatic hydroxyl groups excluding tert-OH is 1. The molecule has 0 aromatic heterocycles. The molecule has 2 nitrogen and oxygen atoms in total. The lowest BCUT2D eigenvalue weighted by Crippen LogP contribution is -2.23. The van der Waals surface area contributed by atoms with Gasteiger partial charge in [0.05, 0.1) is 0 Å². The monoisotopic (exact) mass is 207 g/mol. The van der Waals surface area contributed by atoms with Crippen molar-refractivity contribution in [3.05, 3.63) is 35.4 Å². The summed E-state index contributed by atoms with van der Waals surface area (Å²) in [5.74, 6) is 0. The maximum atomic E-state index is 9.03. The van der Waals surface area contributed by atoms with Gasteiger partial charge in [0.25, 0.3) is 0 Å². The van der Waals surface area contributed by atoms with Crippen LogP contribution in [0.4, 0.5) is 0 Å². The molecule has 0 amide bonds. The SMILES string of the molecule is CCCNC(CCO)c1cccc(C)c1. The Morgan fingerprint density at radius 1 is 1.40 bits per heavy atom. The molecule has 0 aliphatic heterocycles. The third kappa shape index (κ3) is 4.02. The first-order valence-electron chi connectivity index (χ1n) is 5.68. The highest BCUT2D eigenvalue weighted by atomic mass is 16.3. The first kappa shape index (κ1) is 12.2. The van der Waals surface area contributed by atoms with Gasteiger partial charge in [0, 0.05) is 12.6 Å². The molecule has 0 radical (unpaired) electrons. The van der Waals surface area contributed by atoms with Gasteiger partial charge < -0.3 is 10.4 Å². The van der Waals surface area contributed by atoms with Crippen molar-refractivity contribution in [1.29, 1.82) is 0 Å². The molecule has 15 heavy (non-hydrogen) atoms. The number of benzene rings is 1. The topological polar surface area (TPSA) is 32.3 Å². The predicted molar refractivity (Wildman–Crippen MR) is 63.9 cm³/mol. The molecule has 0 saturated carbocycles. The molecule has 0 bridgehead atoms. The molecule has 0 saturated heterocycles. The lowest BCUT2D eigenvalue weighted by atomic mass is 10.0. The molecule has 1 aromatic carbocycles. The number of hydrogen-bond acceptors (Lipinski definition) is 2. The minimum Gasteiger partial charge on any atom is -0.396 e. The van der Waals surface area contributed by atoms with Crippen LogP contribution in [0.2, 0.25) is 0 Å². The van der Waals surface area contributed by atoms with E-state index in [1.54, 1.807) is 0 Å². The van der Waals surface area contributed by atoms with Gasteiger partial charge in [-0.1, -0.05) is 36.8 Å². The van der Waals surface area contributed by atoms with E-state index in [4.69, 9.17) is 5.11 Å². The van der Waals surface area contributed by atoms with Crippen LogP contribution >= 0.6 is 0 Å². The molecule has 1 unspecified atom stereocenters. The number of aliphatic hydroxyl groups is 1. The van der Waals surface area contributed by atoms with Crippen molar-refractivity contribution in [3.63, 3.8) is 0 Å². The summed E-state index contributed by atoms with van der Waals surface area (Å²) in [6, 6.07) is 8.76. The summed E-state index contributed by atoms with van der Waals surface area (Å²) < 4.78 is 0. The number of aryl methyl sites for hydroxylation is 1. The molecule has 0 spiro atoms. The smallest absolute Gasteiger partial charge is 0.0449 e. The van der Waals surface area contributed by atoms with Crippen LogP contribution in [0.25, 0.3) is 0 Å². The third-order valence-corrected chi connectivity index (χ3v) is 2.50. The van der Waals surface area contributed by atoms with Gasteiger partial charge in [-0.05, 0) is 31.9 Å². The number of nitrogens with one attached hydrogen (secondary N) is 1. The Morgan fingerprint density at radius 3 is 2.80 bits per heavy atom. The molecular weight excluding hydrogens is 186 g/mol. The summed E-state index contributed by atoms with van der Waals surface area (Å²) in [5, 5.41) is 12.5. The Kier molecular flexibility index (Phi) is 5.37. The molecule has 1 atom stereocenters. The van der Waals surface area contributed by atoms with Crippen molar-refractivity contribution in [3.8, 4) is 0 Å². The largest absolute Gasteiger partial charge is 0.396 e. The molecule has 0 fully saturated rings. The van der Waals surface area contributed by atoms with Gasteiger partial charge in [-0.3, -0.25) is 0 Å². The van der Waals surface area contributed by atoms with Gasteiger partial charge in [-0.2, -0.15) is 0 Å². The zero-order valence-electron chi connectivity index (χ0n) is 9.66. The lowest BCUT2D eigenvalue weighted by molar-refractivity contribution is 0.265. The van der Waals surface area contributed by atoms with E-state index < -0.39 is 0 Å². The molecule has 1 rings (SSSR count). The van der Waals surface area contributed by atoms with E-state index in [0.29, 0.717) is 0 Å². The maximum absolute atomic E-state index is 9.03. The van der Waals surface area contributed by atoms with Crippen molar-refractivity contribution in [2.45, 2.75) is 32.7 Å². The van der Waals surface area contributed by atoms with Crippen LogP contribution in [0, 0.1) is 6.92 Å². The highest BCUT2D eigenvalue weighted by Gasteiger charge is 2.09. The molecular formula is C13H21NO. The van der Waals surface area contributed by atoms with E-state index in [0.717, 1.165) is 19.4 Å². The minimum absolute atomic E-state index is 0.231. The summed E-state index contributed by atoms with van der Waals surface area (Å²) in [5.41, 5.74) is 2.55. The second-order valence-electron chi connectivity index (χ2n) is 3.93. The Hall–Kier alpha value is -0.860. The summed E-state index contributed by atoms with van der Waals surface area (Å²) in [7, 11) is 0. The van der Waals surface area contributed by atoms with Crippen LogP contribution in [-0.2, 0) is 0 Å². The van der Waals surface area contributed by atoms with Gasteiger partial charge in [-0.15, -0.1) is 0 Å². The average Bonchev–Trinajstić information content (AvgIpc) is 2.24. The summed E-state index contributed by atoms with van der Waals surface area (Å²) in [6.45, 7) is 5.48. The highest BCUT2D eigenvalue weighted by Crippen LogP contribution is 2.17. The quantitative estimate of drug-likeness (QED) is 0.751. The fraction of sp³-hybridized carbons (Fsp3) is 0.538. The van der Waals surface area contributed by atoms with Gasteiger partial charge >= 0.3 is 0 Å². The van der Waals surface area contributed by atoms with Crippen molar-refractivity contribution >= 4 is 0 Å². The summed E-state index contributed by atoms with van der Waals surface area (Å²) >= 11 is 0. The predicted octanol–water partition coefficient (Wildman–Crippen LogP) is 2.42. The average molecular weight is 207 g/mol.